The molecule has 12 aromatic rings. The zero-order chi connectivity index (χ0) is 32.5. The molecule has 6 aromatic carbocycles. The minimum atomic E-state index is 0.842. The summed E-state index contributed by atoms with van der Waals surface area (Å²) in [7, 11) is 0. The normalized spacial score (nSPS) is 12.4. The SMILES string of the molecule is c1ccc2c(c1)ccc1c2c2ncccc2n2cc3ccc(-c4cnc5c6c7ccccc7ccc6c6c7ccccc7cn6c5n4)cc3c12. The van der Waals surface area contributed by atoms with Gasteiger partial charge in [0, 0.05) is 67.2 Å². The quantitative estimate of drug-likeness (QED) is 0.169. The molecule has 5 heteroatoms. The van der Waals surface area contributed by atoms with E-state index in [1.165, 1.54) is 64.8 Å². The standard InChI is InChI=1S/C45H25N5/c1-4-11-31-26(8-1)17-19-34-39(31)41-38(14-7-21-46-41)49-24-30-16-15-28(22-36(30)44(34)49)37-23-47-42-40-32-12-5-2-9-27(32)18-20-35(40)43-33-13-6-3-10-29(33)25-50(43)45(42)48-37/h1-25H. The van der Waals surface area contributed by atoms with Crippen molar-refractivity contribution in [3.63, 3.8) is 0 Å². The average Bonchev–Trinajstić information content (AvgIpc) is 3.77. The van der Waals surface area contributed by atoms with E-state index in [0.29, 0.717) is 0 Å². The molecule has 0 aliphatic rings. The topological polar surface area (TPSA) is 47.5 Å². The smallest absolute Gasteiger partial charge is 0.164 e. The molecule has 0 amide bonds. The molecule has 0 N–H and O–H groups in total. The lowest BCUT2D eigenvalue weighted by Gasteiger charge is -2.12. The molecule has 0 aliphatic heterocycles. The fourth-order valence-electron chi connectivity index (χ4n) is 8.53. The van der Waals surface area contributed by atoms with Crippen LogP contribution in [0.2, 0.25) is 0 Å². The molecule has 0 unspecified atom stereocenters. The van der Waals surface area contributed by atoms with E-state index >= 15 is 0 Å². The molecule has 230 valence electrons. The summed E-state index contributed by atoms with van der Waals surface area (Å²) < 4.78 is 4.56. The van der Waals surface area contributed by atoms with E-state index in [-0.39, 0.29) is 0 Å². The number of fused-ring (bicyclic) bond motifs is 20. The van der Waals surface area contributed by atoms with Crippen LogP contribution in [0.5, 0.6) is 0 Å². The summed E-state index contributed by atoms with van der Waals surface area (Å²) in [5, 5.41) is 14.2. The summed E-state index contributed by atoms with van der Waals surface area (Å²) in [6.45, 7) is 0. The van der Waals surface area contributed by atoms with Crippen LogP contribution in [-0.4, -0.2) is 23.8 Å². The van der Waals surface area contributed by atoms with Crippen molar-refractivity contribution in [2.24, 2.45) is 0 Å². The molecule has 0 saturated carbocycles. The molecule has 0 fully saturated rings. The lowest BCUT2D eigenvalue weighted by Crippen LogP contribution is -1.97. The Morgan fingerprint density at radius 2 is 1.06 bits per heavy atom. The number of hydrogen-bond acceptors (Lipinski definition) is 3. The first-order valence-corrected chi connectivity index (χ1v) is 16.9. The van der Waals surface area contributed by atoms with E-state index in [9.17, 15) is 0 Å². The number of hydrogen-bond donors (Lipinski definition) is 0. The molecule has 0 radical (unpaired) electrons. The van der Waals surface area contributed by atoms with Gasteiger partial charge in [0.15, 0.2) is 5.65 Å². The van der Waals surface area contributed by atoms with Gasteiger partial charge in [-0.2, -0.15) is 0 Å². The second-order valence-electron chi connectivity index (χ2n) is 13.3. The Bertz CT molecular complexity index is 3440. The highest BCUT2D eigenvalue weighted by Gasteiger charge is 2.19. The highest BCUT2D eigenvalue weighted by molar-refractivity contribution is 6.27. The lowest BCUT2D eigenvalue weighted by molar-refractivity contribution is 1.18. The third-order valence-electron chi connectivity index (χ3n) is 10.7. The number of pyridine rings is 3. The highest BCUT2D eigenvalue weighted by atomic mass is 15.0. The van der Waals surface area contributed by atoms with E-state index in [1.54, 1.807) is 0 Å². The van der Waals surface area contributed by atoms with Gasteiger partial charge in [-0.15, -0.1) is 0 Å². The molecule has 0 atom stereocenters. The monoisotopic (exact) mass is 635 g/mol. The summed E-state index contributed by atoms with van der Waals surface area (Å²) >= 11 is 0. The van der Waals surface area contributed by atoms with E-state index in [4.69, 9.17) is 15.0 Å². The molecule has 0 aliphatic carbocycles. The molecule has 5 nitrogen and oxygen atoms in total. The van der Waals surface area contributed by atoms with E-state index in [2.05, 4.69) is 143 Å². The number of aromatic nitrogens is 5. The molecule has 50 heavy (non-hydrogen) atoms. The Labute approximate surface area is 284 Å². The average molecular weight is 636 g/mol. The number of benzene rings is 6. The first-order chi connectivity index (χ1) is 24.8. The van der Waals surface area contributed by atoms with Gasteiger partial charge in [0.2, 0.25) is 0 Å². The van der Waals surface area contributed by atoms with Crippen LogP contribution in [-0.2, 0) is 0 Å². The summed E-state index contributed by atoms with van der Waals surface area (Å²) in [5.41, 5.74) is 8.07. The fourth-order valence-corrected chi connectivity index (χ4v) is 8.53. The van der Waals surface area contributed by atoms with Crippen LogP contribution < -0.4 is 0 Å². The van der Waals surface area contributed by atoms with Crippen molar-refractivity contribution < 1.29 is 0 Å². The maximum Gasteiger partial charge on any atom is 0.164 e. The van der Waals surface area contributed by atoms with Gasteiger partial charge >= 0.3 is 0 Å². The van der Waals surface area contributed by atoms with Gasteiger partial charge in [-0.05, 0) is 39.7 Å². The van der Waals surface area contributed by atoms with Crippen molar-refractivity contribution in [3.8, 4) is 11.3 Å². The first-order valence-electron chi connectivity index (χ1n) is 16.9. The molecule has 12 rings (SSSR count). The second-order valence-corrected chi connectivity index (χ2v) is 13.3. The molecule has 6 aromatic heterocycles. The van der Waals surface area contributed by atoms with Crippen molar-refractivity contribution in [3.05, 3.63) is 152 Å². The predicted octanol–water partition coefficient (Wildman–Crippen LogP) is 11.3. The van der Waals surface area contributed by atoms with Gasteiger partial charge in [-0.25, -0.2) is 4.98 Å². The van der Waals surface area contributed by atoms with Gasteiger partial charge in [-0.1, -0.05) is 109 Å². The van der Waals surface area contributed by atoms with Crippen LogP contribution >= 0.6 is 0 Å². The van der Waals surface area contributed by atoms with Crippen LogP contribution in [0.25, 0.3) is 109 Å². The summed E-state index contributed by atoms with van der Waals surface area (Å²) in [6.07, 6.45) is 8.29. The van der Waals surface area contributed by atoms with Crippen LogP contribution in [0, 0.1) is 0 Å². The van der Waals surface area contributed by atoms with Crippen LogP contribution in [0.4, 0.5) is 0 Å². The summed E-state index contributed by atoms with van der Waals surface area (Å²) in [4.78, 5) is 15.6. The van der Waals surface area contributed by atoms with Crippen molar-refractivity contribution >= 4 is 97.9 Å². The zero-order valence-electron chi connectivity index (χ0n) is 26.7. The highest BCUT2D eigenvalue weighted by Crippen LogP contribution is 2.41. The minimum Gasteiger partial charge on any atom is -0.313 e. The summed E-state index contributed by atoms with van der Waals surface area (Å²) in [6, 6.07) is 45.6. The van der Waals surface area contributed by atoms with Crippen LogP contribution in [0.3, 0.4) is 0 Å². The van der Waals surface area contributed by atoms with Gasteiger partial charge in [0.25, 0.3) is 0 Å². The van der Waals surface area contributed by atoms with Crippen molar-refractivity contribution in [2.45, 2.75) is 0 Å². The van der Waals surface area contributed by atoms with Crippen molar-refractivity contribution in [1.82, 2.24) is 23.8 Å². The second kappa shape index (κ2) is 9.40. The molecule has 0 spiro atoms. The molecular weight excluding hydrogens is 611 g/mol. The Morgan fingerprint density at radius 3 is 1.84 bits per heavy atom. The van der Waals surface area contributed by atoms with Crippen molar-refractivity contribution in [2.75, 3.05) is 0 Å². The number of rotatable bonds is 1. The molecular formula is C45H25N5. The van der Waals surface area contributed by atoms with Crippen LogP contribution in [0.15, 0.2) is 152 Å². The van der Waals surface area contributed by atoms with Gasteiger partial charge in [0.1, 0.15) is 5.52 Å². The van der Waals surface area contributed by atoms with Crippen molar-refractivity contribution in [1.29, 1.82) is 0 Å². The molecule has 6 heterocycles. The number of nitrogens with zero attached hydrogens (tertiary/aromatic N) is 5. The molecule has 0 saturated heterocycles. The van der Waals surface area contributed by atoms with E-state index in [0.717, 1.165) is 44.4 Å². The fraction of sp³-hybridized carbons (Fsp3) is 0. The van der Waals surface area contributed by atoms with Gasteiger partial charge < -0.3 is 4.40 Å². The van der Waals surface area contributed by atoms with E-state index < -0.39 is 0 Å². The largest absolute Gasteiger partial charge is 0.313 e. The maximum atomic E-state index is 5.43. The maximum absolute atomic E-state index is 5.43. The Hall–Kier alpha value is -6.85. The predicted molar refractivity (Wildman–Crippen MR) is 207 cm³/mol. The summed E-state index contributed by atoms with van der Waals surface area (Å²) in [5.74, 6) is 0. The Kier molecular flexibility index (Phi) is 4.91. The van der Waals surface area contributed by atoms with E-state index in [1.807, 2.05) is 18.5 Å². The molecule has 0 bridgehead atoms. The Morgan fingerprint density at radius 1 is 0.440 bits per heavy atom. The third-order valence-corrected chi connectivity index (χ3v) is 10.7. The van der Waals surface area contributed by atoms with Gasteiger partial charge in [-0.3, -0.25) is 14.4 Å². The lowest BCUT2D eigenvalue weighted by atomic mass is 9.99. The third kappa shape index (κ3) is 3.33. The zero-order valence-corrected chi connectivity index (χ0v) is 26.7. The first kappa shape index (κ1) is 26.1. The minimum absolute atomic E-state index is 0.842. The van der Waals surface area contributed by atoms with Gasteiger partial charge in [0.05, 0.1) is 34.0 Å². The van der Waals surface area contributed by atoms with Crippen LogP contribution in [0.1, 0.15) is 0 Å². The Balaban J connectivity index is 1.19.